The molecule has 0 unspecified atom stereocenters. The van der Waals surface area contributed by atoms with Gasteiger partial charge < -0.3 is 9.72 Å². The number of benzene rings is 1. The van der Waals surface area contributed by atoms with E-state index in [4.69, 9.17) is 4.74 Å². The lowest BCUT2D eigenvalue weighted by molar-refractivity contribution is 0.0476. The molecular weight excluding hydrogens is 402 g/mol. The monoisotopic (exact) mass is 421 g/mol. The highest BCUT2D eigenvalue weighted by molar-refractivity contribution is 7.12. The average Bonchev–Trinajstić information content (AvgIpc) is 3.27. The molecular formula is C22H19N3O4S. The highest BCUT2D eigenvalue weighted by Gasteiger charge is 2.20. The Kier molecular flexibility index (Phi) is 5.09. The lowest BCUT2D eigenvalue weighted by atomic mass is 10.1. The van der Waals surface area contributed by atoms with Crippen molar-refractivity contribution in [3.8, 4) is 5.13 Å². The number of para-hydroxylation sites is 1. The molecule has 0 aliphatic heterocycles. The van der Waals surface area contributed by atoms with Crippen LogP contribution in [0, 0.1) is 20.8 Å². The van der Waals surface area contributed by atoms with Gasteiger partial charge in [0, 0.05) is 39.3 Å². The van der Waals surface area contributed by atoms with E-state index in [1.165, 1.54) is 17.4 Å². The Balaban J connectivity index is 1.56. The van der Waals surface area contributed by atoms with Crippen LogP contribution in [0.1, 0.15) is 37.8 Å². The minimum Gasteiger partial charge on any atom is -0.454 e. The Labute approximate surface area is 176 Å². The van der Waals surface area contributed by atoms with Crippen LogP contribution in [0.15, 0.2) is 46.6 Å². The molecule has 1 N–H and O–H groups in total. The van der Waals surface area contributed by atoms with Gasteiger partial charge in [0.25, 0.3) is 0 Å². The number of esters is 1. The summed E-state index contributed by atoms with van der Waals surface area (Å²) in [5.74, 6) is -1.03. The Hall–Kier alpha value is -3.52. The number of ketones is 1. The highest BCUT2D eigenvalue weighted by atomic mass is 32.1. The van der Waals surface area contributed by atoms with Gasteiger partial charge in [-0.2, -0.15) is 0 Å². The number of pyridine rings is 1. The van der Waals surface area contributed by atoms with Crippen LogP contribution in [0.4, 0.5) is 0 Å². The number of aromatic amines is 1. The van der Waals surface area contributed by atoms with Crippen LogP contribution in [0.2, 0.25) is 0 Å². The Morgan fingerprint density at radius 3 is 2.63 bits per heavy atom. The predicted molar refractivity (Wildman–Crippen MR) is 115 cm³/mol. The number of nitrogens with zero attached hydrogens (tertiary/aromatic N) is 2. The molecule has 4 rings (SSSR count). The van der Waals surface area contributed by atoms with E-state index in [1.54, 1.807) is 30.3 Å². The summed E-state index contributed by atoms with van der Waals surface area (Å²) in [6.07, 6.45) is 0. The number of hydrogen-bond donors (Lipinski definition) is 1. The molecule has 0 aliphatic rings. The van der Waals surface area contributed by atoms with Crippen molar-refractivity contribution >= 4 is 34.0 Å². The van der Waals surface area contributed by atoms with Crippen LogP contribution in [-0.2, 0) is 4.74 Å². The van der Waals surface area contributed by atoms with E-state index in [2.05, 4.69) is 9.97 Å². The van der Waals surface area contributed by atoms with E-state index in [0.717, 1.165) is 22.2 Å². The maximum absolute atomic E-state index is 12.8. The molecule has 0 fully saturated rings. The van der Waals surface area contributed by atoms with Gasteiger partial charge in [0.15, 0.2) is 11.7 Å². The van der Waals surface area contributed by atoms with Crippen molar-refractivity contribution in [3.63, 3.8) is 0 Å². The lowest BCUT2D eigenvalue weighted by Gasteiger charge is -2.08. The van der Waals surface area contributed by atoms with Crippen molar-refractivity contribution in [3.05, 3.63) is 80.3 Å². The molecule has 3 aromatic heterocycles. The number of thiazole rings is 1. The number of H-pyrrole nitrogens is 1. The fraction of sp³-hybridized carbons (Fsp3) is 0.182. The van der Waals surface area contributed by atoms with Gasteiger partial charge in [-0.15, -0.1) is 11.3 Å². The Morgan fingerprint density at radius 2 is 1.90 bits per heavy atom. The Bertz CT molecular complexity index is 1350. The first kappa shape index (κ1) is 19.8. The first-order valence-corrected chi connectivity index (χ1v) is 10.2. The normalized spacial score (nSPS) is 11.0. The molecule has 0 aliphatic carbocycles. The number of nitrogens with one attached hydrogen (secondary N) is 1. The summed E-state index contributed by atoms with van der Waals surface area (Å²) in [7, 11) is 0. The summed E-state index contributed by atoms with van der Waals surface area (Å²) >= 11 is 1.50. The van der Waals surface area contributed by atoms with Crippen LogP contribution < -0.4 is 5.56 Å². The molecule has 0 atom stereocenters. The van der Waals surface area contributed by atoms with E-state index in [0.29, 0.717) is 16.5 Å². The van der Waals surface area contributed by atoms with Gasteiger partial charge in [-0.05, 0) is 32.9 Å². The second kappa shape index (κ2) is 7.72. The first-order valence-electron chi connectivity index (χ1n) is 9.29. The number of ether oxygens (including phenoxy) is 1. The second-order valence-corrected chi connectivity index (χ2v) is 7.82. The van der Waals surface area contributed by atoms with E-state index in [-0.39, 0.29) is 11.3 Å². The quantitative estimate of drug-likeness (QED) is 0.391. The topological polar surface area (TPSA) is 94.0 Å². The molecule has 7 nitrogen and oxygen atoms in total. The van der Waals surface area contributed by atoms with Gasteiger partial charge in [-0.3, -0.25) is 14.2 Å². The molecule has 30 heavy (non-hydrogen) atoms. The molecule has 8 heteroatoms. The van der Waals surface area contributed by atoms with E-state index in [9.17, 15) is 14.4 Å². The molecule has 0 radical (unpaired) electrons. The summed E-state index contributed by atoms with van der Waals surface area (Å²) in [6.45, 7) is 5.23. The van der Waals surface area contributed by atoms with Gasteiger partial charge in [0.05, 0.1) is 11.3 Å². The minimum atomic E-state index is -0.713. The maximum Gasteiger partial charge on any atom is 0.339 e. The molecule has 1 aromatic carbocycles. The summed E-state index contributed by atoms with van der Waals surface area (Å²) in [5.41, 5.74) is 3.26. The molecule has 4 aromatic rings. The Morgan fingerprint density at radius 1 is 1.13 bits per heavy atom. The van der Waals surface area contributed by atoms with Gasteiger partial charge in [-0.25, -0.2) is 9.78 Å². The number of fused-ring (bicyclic) bond motifs is 1. The average molecular weight is 421 g/mol. The standard InChI is InChI=1S/C22H19N3O4S/c1-12-11-30-22(23-12)25-13(2)8-16(14(25)3)19(26)10-29-21(28)17-9-20(27)24-18-7-5-4-6-15(17)18/h4-9,11H,10H2,1-3H3,(H,24,27). The molecule has 0 bridgehead atoms. The largest absolute Gasteiger partial charge is 0.454 e. The fourth-order valence-electron chi connectivity index (χ4n) is 3.44. The van der Waals surface area contributed by atoms with E-state index >= 15 is 0 Å². The lowest BCUT2D eigenvalue weighted by Crippen LogP contribution is -2.17. The first-order chi connectivity index (χ1) is 14.3. The molecule has 152 valence electrons. The smallest absolute Gasteiger partial charge is 0.339 e. The number of aryl methyl sites for hydroxylation is 2. The maximum atomic E-state index is 12.8. The van der Waals surface area contributed by atoms with E-state index < -0.39 is 18.1 Å². The van der Waals surface area contributed by atoms with Crippen molar-refractivity contribution in [2.24, 2.45) is 0 Å². The number of carbonyl (C=O) groups is 2. The summed E-state index contributed by atoms with van der Waals surface area (Å²) in [6, 6.07) is 9.90. The minimum absolute atomic E-state index is 0.130. The SMILES string of the molecule is Cc1csc(-n2c(C)cc(C(=O)COC(=O)c3cc(=O)[nH]c4ccccc34)c2C)n1. The number of aromatic nitrogens is 3. The van der Waals surface area contributed by atoms with Crippen LogP contribution in [0.5, 0.6) is 0 Å². The number of carbonyl (C=O) groups excluding carboxylic acids is 2. The fourth-order valence-corrected chi connectivity index (χ4v) is 4.36. The van der Waals surface area contributed by atoms with Gasteiger partial charge in [0.1, 0.15) is 0 Å². The van der Waals surface area contributed by atoms with Gasteiger partial charge >= 0.3 is 5.97 Å². The second-order valence-electron chi connectivity index (χ2n) is 6.98. The van der Waals surface area contributed by atoms with Crippen molar-refractivity contribution in [2.45, 2.75) is 20.8 Å². The van der Waals surface area contributed by atoms with Crippen molar-refractivity contribution in [1.29, 1.82) is 0 Å². The summed E-state index contributed by atoms with van der Waals surface area (Å²) < 4.78 is 7.17. The number of rotatable bonds is 5. The van der Waals surface area contributed by atoms with E-state index in [1.807, 2.05) is 30.7 Å². The van der Waals surface area contributed by atoms with Crippen LogP contribution in [-0.4, -0.2) is 32.9 Å². The third-order valence-corrected chi connectivity index (χ3v) is 5.78. The zero-order valence-corrected chi connectivity index (χ0v) is 17.5. The zero-order valence-electron chi connectivity index (χ0n) is 16.7. The zero-order chi connectivity index (χ0) is 21.4. The van der Waals surface area contributed by atoms with Crippen molar-refractivity contribution in [2.75, 3.05) is 6.61 Å². The van der Waals surface area contributed by atoms with Crippen molar-refractivity contribution < 1.29 is 14.3 Å². The number of hydrogen-bond acceptors (Lipinski definition) is 6. The van der Waals surface area contributed by atoms with Crippen LogP contribution >= 0.6 is 11.3 Å². The van der Waals surface area contributed by atoms with Gasteiger partial charge in [-0.1, -0.05) is 18.2 Å². The molecule has 3 heterocycles. The summed E-state index contributed by atoms with van der Waals surface area (Å²) in [4.78, 5) is 44.3. The third kappa shape index (κ3) is 3.57. The highest BCUT2D eigenvalue weighted by Crippen LogP contribution is 2.24. The van der Waals surface area contributed by atoms with Crippen LogP contribution in [0.25, 0.3) is 16.0 Å². The molecule has 0 amide bonds. The van der Waals surface area contributed by atoms with Gasteiger partial charge in [0.2, 0.25) is 11.3 Å². The molecule has 0 saturated carbocycles. The predicted octanol–water partition coefficient (Wildman–Crippen LogP) is 3.74. The number of Topliss-reactive ketones (excluding diaryl/α,β-unsaturated/α-hetero) is 1. The summed E-state index contributed by atoms with van der Waals surface area (Å²) in [5, 5.41) is 3.30. The van der Waals surface area contributed by atoms with Crippen LogP contribution in [0.3, 0.4) is 0 Å². The molecule has 0 spiro atoms. The molecule has 0 saturated heterocycles. The van der Waals surface area contributed by atoms with Crippen molar-refractivity contribution in [1.82, 2.24) is 14.5 Å². The third-order valence-electron chi connectivity index (χ3n) is 4.83.